The Labute approximate surface area is 109 Å². The average molecular weight is 292 g/mol. The highest BCUT2D eigenvalue weighted by Crippen LogP contribution is 2.43. The van der Waals surface area contributed by atoms with Crippen LogP contribution in [0.15, 0.2) is 40.4 Å². The number of aryl methyl sites for hydroxylation is 1. The molecule has 0 fully saturated rings. The van der Waals surface area contributed by atoms with Crippen LogP contribution in [0.4, 0.5) is 0 Å². The maximum absolute atomic E-state index is 8.71. The van der Waals surface area contributed by atoms with Crippen LogP contribution in [0.1, 0.15) is 30.4 Å². The SMILES string of the molecule is C=C[C@@H]1c2cc(Br)ccc2CC[C@]1(C)N=[N+]=[N-]. The van der Waals surface area contributed by atoms with E-state index in [4.69, 9.17) is 5.53 Å². The first kappa shape index (κ1) is 12.2. The molecule has 0 amide bonds. The molecule has 1 aromatic carbocycles. The summed E-state index contributed by atoms with van der Waals surface area (Å²) in [6.45, 7) is 5.89. The molecular weight excluding hydrogens is 278 g/mol. The summed E-state index contributed by atoms with van der Waals surface area (Å²) in [5.41, 5.74) is 10.9. The van der Waals surface area contributed by atoms with E-state index in [2.05, 4.69) is 50.7 Å². The number of benzene rings is 1. The smallest absolute Gasteiger partial charge is 0.0566 e. The minimum atomic E-state index is -0.399. The number of nitrogens with zero attached hydrogens (tertiary/aromatic N) is 3. The number of rotatable bonds is 2. The summed E-state index contributed by atoms with van der Waals surface area (Å²) in [4.78, 5) is 2.99. The van der Waals surface area contributed by atoms with Crippen molar-refractivity contribution in [3.05, 3.63) is 56.9 Å². The maximum atomic E-state index is 8.71. The zero-order valence-electron chi connectivity index (χ0n) is 9.73. The van der Waals surface area contributed by atoms with E-state index in [0.717, 1.165) is 17.3 Å². The van der Waals surface area contributed by atoms with Crippen molar-refractivity contribution in [1.29, 1.82) is 0 Å². The topological polar surface area (TPSA) is 48.8 Å². The summed E-state index contributed by atoms with van der Waals surface area (Å²) in [6, 6.07) is 6.28. The molecule has 0 radical (unpaired) electrons. The van der Waals surface area contributed by atoms with Crippen molar-refractivity contribution in [2.75, 3.05) is 0 Å². The molecule has 0 aromatic heterocycles. The fourth-order valence-corrected chi connectivity index (χ4v) is 2.94. The van der Waals surface area contributed by atoms with E-state index in [1.54, 1.807) is 0 Å². The highest BCUT2D eigenvalue weighted by atomic mass is 79.9. The highest BCUT2D eigenvalue weighted by Gasteiger charge is 2.37. The number of halogens is 1. The van der Waals surface area contributed by atoms with Gasteiger partial charge in [0.1, 0.15) is 0 Å². The van der Waals surface area contributed by atoms with Crippen LogP contribution in [0.5, 0.6) is 0 Å². The Hall–Kier alpha value is -1.25. The van der Waals surface area contributed by atoms with Gasteiger partial charge in [0.05, 0.1) is 5.54 Å². The van der Waals surface area contributed by atoms with Crippen LogP contribution < -0.4 is 0 Å². The van der Waals surface area contributed by atoms with Crippen LogP contribution in [-0.4, -0.2) is 5.54 Å². The van der Waals surface area contributed by atoms with Gasteiger partial charge in [-0.2, -0.15) is 0 Å². The third-order valence-corrected chi connectivity index (χ3v) is 4.02. The lowest BCUT2D eigenvalue weighted by molar-refractivity contribution is 0.370. The van der Waals surface area contributed by atoms with E-state index in [1.807, 2.05) is 13.0 Å². The molecule has 0 saturated carbocycles. The zero-order chi connectivity index (χ0) is 12.5. The highest BCUT2D eigenvalue weighted by molar-refractivity contribution is 9.10. The number of fused-ring (bicyclic) bond motifs is 1. The first-order valence-corrected chi connectivity index (χ1v) is 6.37. The van der Waals surface area contributed by atoms with E-state index >= 15 is 0 Å². The molecule has 88 valence electrons. The van der Waals surface area contributed by atoms with Gasteiger partial charge in [-0.05, 0) is 41.6 Å². The standard InChI is InChI=1S/C13H14BrN3/c1-3-12-11-8-10(14)5-4-9(11)6-7-13(12,2)16-17-15/h3-5,8,12H,1,6-7H2,2H3/t12-,13+/m1/s1. The van der Waals surface area contributed by atoms with Gasteiger partial charge in [-0.15, -0.1) is 6.58 Å². The first-order valence-electron chi connectivity index (χ1n) is 5.58. The molecule has 1 aromatic rings. The minimum Gasteiger partial charge on any atom is -0.102 e. The van der Waals surface area contributed by atoms with Crippen molar-refractivity contribution < 1.29 is 0 Å². The van der Waals surface area contributed by atoms with Crippen LogP contribution in [0.25, 0.3) is 10.4 Å². The van der Waals surface area contributed by atoms with Crippen LogP contribution in [0.3, 0.4) is 0 Å². The summed E-state index contributed by atoms with van der Waals surface area (Å²) in [5.74, 6) is 0.0830. The van der Waals surface area contributed by atoms with Crippen molar-refractivity contribution in [1.82, 2.24) is 0 Å². The Bertz CT molecular complexity index is 505. The number of hydrogen-bond donors (Lipinski definition) is 0. The molecule has 0 bridgehead atoms. The molecule has 0 saturated heterocycles. The monoisotopic (exact) mass is 291 g/mol. The Morgan fingerprint density at radius 2 is 2.41 bits per heavy atom. The second-order valence-corrected chi connectivity index (χ2v) is 5.52. The fourth-order valence-electron chi connectivity index (χ4n) is 2.56. The summed E-state index contributed by atoms with van der Waals surface area (Å²) >= 11 is 3.49. The minimum absolute atomic E-state index is 0.0830. The van der Waals surface area contributed by atoms with Gasteiger partial charge < -0.3 is 0 Å². The van der Waals surface area contributed by atoms with E-state index in [-0.39, 0.29) is 5.92 Å². The molecule has 0 spiro atoms. The van der Waals surface area contributed by atoms with Gasteiger partial charge >= 0.3 is 0 Å². The second-order valence-electron chi connectivity index (χ2n) is 4.60. The molecule has 4 heteroatoms. The van der Waals surface area contributed by atoms with Crippen LogP contribution in [0, 0.1) is 0 Å². The molecule has 17 heavy (non-hydrogen) atoms. The van der Waals surface area contributed by atoms with Crippen molar-refractivity contribution in [3.63, 3.8) is 0 Å². The lowest BCUT2D eigenvalue weighted by Gasteiger charge is -2.37. The van der Waals surface area contributed by atoms with Crippen LogP contribution in [-0.2, 0) is 6.42 Å². The van der Waals surface area contributed by atoms with Crippen molar-refractivity contribution in [2.45, 2.75) is 31.2 Å². The fraction of sp³-hybridized carbons (Fsp3) is 0.385. The predicted molar refractivity (Wildman–Crippen MR) is 73.0 cm³/mol. The molecule has 2 rings (SSSR count). The van der Waals surface area contributed by atoms with Gasteiger partial charge in [0.2, 0.25) is 0 Å². The number of azide groups is 1. The summed E-state index contributed by atoms with van der Waals surface area (Å²) in [5, 5.41) is 3.99. The molecule has 0 aliphatic heterocycles. The summed E-state index contributed by atoms with van der Waals surface area (Å²) in [6.07, 6.45) is 3.70. The molecule has 0 heterocycles. The largest absolute Gasteiger partial charge is 0.102 e. The van der Waals surface area contributed by atoms with Crippen LogP contribution in [0.2, 0.25) is 0 Å². The van der Waals surface area contributed by atoms with E-state index < -0.39 is 5.54 Å². The molecule has 2 atom stereocenters. The molecule has 3 nitrogen and oxygen atoms in total. The third-order valence-electron chi connectivity index (χ3n) is 3.52. The lowest BCUT2D eigenvalue weighted by atomic mass is 9.71. The van der Waals surface area contributed by atoms with Crippen LogP contribution >= 0.6 is 15.9 Å². The maximum Gasteiger partial charge on any atom is 0.0566 e. The molecule has 1 aliphatic rings. The van der Waals surface area contributed by atoms with Gasteiger partial charge in [0.25, 0.3) is 0 Å². The number of hydrogen-bond acceptors (Lipinski definition) is 1. The molecule has 0 unspecified atom stereocenters. The van der Waals surface area contributed by atoms with Gasteiger partial charge in [-0.25, -0.2) is 0 Å². The van der Waals surface area contributed by atoms with Gasteiger partial charge in [0.15, 0.2) is 0 Å². The Morgan fingerprint density at radius 3 is 3.06 bits per heavy atom. The Kier molecular flexibility index (Phi) is 3.27. The van der Waals surface area contributed by atoms with E-state index in [0.29, 0.717) is 0 Å². The lowest BCUT2D eigenvalue weighted by Crippen LogP contribution is -2.34. The van der Waals surface area contributed by atoms with Crippen molar-refractivity contribution in [2.24, 2.45) is 5.11 Å². The average Bonchev–Trinajstić information content (AvgIpc) is 2.29. The predicted octanol–water partition coefficient (Wildman–Crippen LogP) is 4.73. The van der Waals surface area contributed by atoms with E-state index in [1.165, 1.54) is 11.1 Å². The third kappa shape index (κ3) is 2.11. The molecular formula is C13H14BrN3. The molecule has 1 aliphatic carbocycles. The summed E-state index contributed by atoms with van der Waals surface area (Å²) < 4.78 is 1.05. The quantitative estimate of drug-likeness (QED) is 0.327. The molecule has 0 N–H and O–H groups in total. The van der Waals surface area contributed by atoms with Gasteiger partial charge in [-0.1, -0.05) is 40.1 Å². The normalized spacial score (nSPS) is 26.8. The first-order chi connectivity index (χ1) is 8.10. The van der Waals surface area contributed by atoms with Gasteiger partial charge in [-0.3, -0.25) is 0 Å². The summed E-state index contributed by atoms with van der Waals surface area (Å²) in [7, 11) is 0. The zero-order valence-corrected chi connectivity index (χ0v) is 11.3. The van der Waals surface area contributed by atoms with Crippen molar-refractivity contribution >= 4 is 15.9 Å². The van der Waals surface area contributed by atoms with Gasteiger partial charge in [0, 0.05) is 15.3 Å². The van der Waals surface area contributed by atoms with Crippen molar-refractivity contribution in [3.8, 4) is 0 Å². The second kappa shape index (κ2) is 4.55. The Morgan fingerprint density at radius 1 is 1.65 bits per heavy atom. The van der Waals surface area contributed by atoms with E-state index in [9.17, 15) is 0 Å². The Balaban J connectivity index is 2.56.